The number of benzene rings is 2. The third kappa shape index (κ3) is 5.24. The van der Waals surface area contributed by atoms with Gasteiger partial charge in [-0.1, -0.05) is 42.3 Å². The van der Waals surface area contributed by atoms with Gasteiger partial charge >= 0.3 is 0 Å². The summed E-state index contributed by atoms with van der Waals surface area (Å²) in [6.45, 7) is 2.72. The number of unbranched alkanes of at least 4 members (excludes halogenated alkanes) is 1. The summed E-state index contributed by atoms with van der Waals surface area (Å²) >= 11 is 7.40. The second-order valence-corrected chi connectivity index (χ2v) is 11.8. The molecule has 2 aromatic carbocycles. The van der Waals surface area contributed by atoms with E-state index in [-0.39, 0.29) is 17.3 Å². The number of rotatable bonds is 6. The summed E-state index contributed by atoms with van der Waals surface area (Å²) in [5.74, 6) is -0.717. The summed E-state index contributed by atoms with van der Waals surface area (Å²) in [7, 11) is -1.77. The minimum Gasteiger partial charge on any atom is -0.319 e. The van der Waals surface area contributed by atoms with Crippen LogP contribution in [-0.4, -0.2) is 36.3 Å². The Morgan fingerprint density at radius 3 is 2.70 bits per heavy atom. The molecular formula is C24H28ClN3O3S2. The Bertz CT molecular complexity index is 1330. The maximum absolute atomic E-state index is 13.0. The highest BCUT2D eigenvalue weighted by Crippen LogP contribution is 2.26. The fourth-order valence-corrected chi connectivity index (χ4v) is 6.86. The van der Waals surface area contributed by atoms with Crippen LogP contribution in [0, 0.1) is 5.92 Å². The zero-order valence-electron chi connectivity index (χ0n) is 18.8. The molecule has 0 bridgehead atoms. The van der Waals surface area contributed by atoms with Crippen LogP contribution in [0.5, 0.6) is 0 Å². The molecule has 1 amide bonds. The normalized spacial score (nSPS) is 18.2. The van der Waals surface area contributed by atoms with Crippen molar-refractivity contribution >= 4 is 49.1 Å². The van der Waals surface area contributed by atoms with Crippen LogP contribution in [0.2, 0.25) is 5.02 Å². The van der Waals surface area contributed by atoms with E-state index < -0.39 is 15.9 Å². The predicted octanol–water partition coefficient (Wildman–Crippen LogP) is 4.76. The van der Waals surface area contributed by atoms with E-state index in [9.17, 15) is 13.2 Å². The van der Waals surface area contributed by atoms with Crippen LogP contribution in [-0.2, 0) is 28.3 Å². The number of carbonyl (C=O) groups is 1. The van der Waals surface area contributed by atoms with Crippen LogP contribution < -0.4 is 4.80 Å². The summed E-state index contributed by atoms with van der Waals surface area (Å²) in [6.07, 6.45) is 4.59. The molecule has 1 unspecified atom stereocenters. The Labute approximate surface area is 203 Å². The third-order valence-electron chi connectivity index (χ3n) is 6.08. The third-order valence-corrected chi connectivity index (χ3v) is 9.31. The predicted molar refractivity (Wildman–Crippen MR) is 133 cm³/mol. The van der Waals surface area contributed by atoms with E-state index in [1.165, 1.54) is 33.3 Å². The molecule has 1 atom stereocenters. The highest BCUT2D eigenvalue weighted by atomic mass is 35.5. The summed E-state index contributed by atoms with van der Waals surface area (Å²) < 4.78 is 30.5. The highest BCUT2D eigenvalue weighted by molar-refractivity contribution is 7.89. The molecule has 1 saturated heterocycles. The van der Waals surface area contributed by atoms with E-state index in [0.717, 1.165) is 29.5 Å². The first kappa shape index (κ1) is 24.1. The molecule has 0 radical (unpaired) electrons. The van der Waals surface area contributed by atoms with Gasteiger partial charge in [0.2, 0.25) is 10.0 Å². The van der Waals surface area contributed by atoms with Gasteiger partial charge in [0.15, 0.2) is 4.80 Å². The number of thiazole rings is 1. The molecule has 3 aromatic rings. The van der Waals surface area contributed by atoms with Gasteiger partial charge in [-0.15, -0.1) is 0 Å². The summed E-state index contributed by atoms with van der Waals surface area (Å²) in [5, 5.41) is 0.480. The van der Waals surface area contributed by atoms with Gasteiger partial charge in [0.1, 0.15) is 0 Å². The molecule has 0 saturated carbocycles. The largest absolute Gasteiger partial charge is 0.319 e. The first-order valence-electron chi connectivity index (χ1n) is 11.2. The number of fused-ring (bicyclic) bond motifs is 1. The van der Waals surface area contributed by atoms with Crippen LogP contribution in [0.25, 0.3) is 10.2 Å². The average molecular weight is 506 g/mol. The fraction of sp³-hybridized carbons (Fsp3) is 0.417. The molecule has 1 fully saturated rings. The minimum absolute atomic E-state index is 0.142. The zero-order chi connectivity index (χ0) is 23.6. The number of sulfonamides is 1. The van der Waals surface area contributed by atoms with E-state index >= 15 is 0 Å². The first-order chi connectivity index (χ1) is 15.8. The van der Waals surface area contributed by atoms with Crippen LogP contribution in [0.3, 0.4) is 0 Å². The van der Waals surface area contributed by atoms with Gasteiger partial charge in [0.05, 0.1) is 21.0 Å². The Hall–Kier alpha value is -2.00. The number of hydrogen-bond donors (Lipinski definition) is 0. The van der Waals surface area contributed by atoms with Crippen LogP contribution in [0.15, 0.2) is 52.4 Å². The summed E-state index contributed by atoms with van der Waals surface area (Å²) in [4.78, 5) is 18.3. The van der Waals surface area contributed by atoms with Gasteiger partial charge in [0.25, 0.3) is 5.91 Å². The smallest absolute Gasteiger partial charge is 0.252 e. The van der Waals surface area contributed by atoms with E-state index in [1.807, 2.05) is 11.6 Å². The minimum atomic E-state index is -3.68. The molecule has 6 nitrogen and oxygen atoms in total. The molecule has 1 aliphatic heterocycles. The number of halogens is 1. The van der Waals surface area contributed by atoms with E-state index in [4.69, 9.17) is 11.6 Å². The standard InChI is InChI=1S/C24H28ClN3O3S2/c1-3-4-6-17-8-13-21-22(15-17)32-24(27(21)2)26-23(29)18-7-5-14-28(16-18)33(30,31)20-11-9-19(25)10-12-20/h8-13,15,18H,3-7,14,16H2,1-2H3. The molecule has 2 heterocycles. The van der Waals surface area contributed by atoms with Crippen molar-refractivity contribution in [1.29, 1.82) is 0 Å². The Morgan fingerprint density at radius 1 is 1.21 bits per heavy atom. The van der Waals surface area contributed by atoms with Gasteiger partial charge in [-0.25, -0.2) is 8.42 Å². The number of nitrogens with zero attached hydrogens (tertiary/aromatic N) is 3. The SMILES string of the molecule is CCCCc1ccc2c(c1)sc(=NC(=O)C1CCCN(S(=O)(=O)c3ccc(Cl)cc3)C1)n2C. The van der Waals surface area contributed by atoms with Crippen LogP contribution >= 0.6 is 22.9 Å². The Morgan fingerprint density at radius 2 is 1.97 bits per heavy atom. The van der Waals surface area contributed by atoms with Gasteiger partial charge in [0, 0.05) is 25.2 Å². The van der Waals surface area contributed by atoms with Crippen molar-refractivity contribution in [2.24, 2.45) is 18.0 Å². The quantitative estimate of drug-likeness (QED) is 0.484. The monoisotopic (exact) mass is 505 g/mol. The molecule has 33 heavy (non-hydrogen) atoms. The number of hydrogen-bond acceptors (Lipinski definition) is 4. The number of carbonyl (C=O) groups excluding carboxylic acids is 1. The van der Waals surface area contributed by atoms with Crippen LogP contribution in [0.1, 0.15) is 38.2 Å². The van der Waals surface area contributed by atoms with Gasteiger partial charge in [-0.3, -0.25) is 4.79 Å². The lowest BCUT2D eigenvalue weighted by Crippen LogP contribution is -2.42. The van der Waals surface area contributed by atoms with E-state index in [2.05, 4.69) is 30.1 Å². The van der Waals surface area contributed by atoms with Crippen molar-refractivity contribution in [3.05, 3.63) is 57.9 Å². The van der Waals surface area contributed by atoms with Gasteiger partial charge in [-0.2, -0.15) is 9.30 Å². The maximum Gasteiger partial charge on any atom is 0.252 e. The molecule has 9 heteroatoms. The molecule has 4 rings (SSSR count). The van der Waals surface area contributed by atoms with Gasteiger partial charge in [-0.05, 0) is 67.6 Å². The number of amides is 1. The number of aryl methyl sites for hydroxylation is 2. The first-order valence-corrected chi connectivity index (χ1v) is 13.9. The molecule has 1 aliphatic rings. The second kappa shape index (κ2) is 10.1. The Balaban J connectivity index is 1.56. The van der Waals surface area contributed by atoms with Crippen molar-refractivity contribution in [2.45, 2.75) is 43.9 Å². The molecule has 0 spiro atoms. The highest BCUT2D eigenvalue weighted by Gasteiger charge is 2.33. The van der Waals surface area contributed by atoms with E-state index in [0.29, 0.717) is 29.2 Å². The van der Waals surface area contributed by atoms with Crippen molar-refractivity contribution in [3.8, 4) is 0 Å². The number of aromatic nitrogens is 1. The second-order valence-electron chi connectivity index (χ2n) is 8.46. The molecular weight excluding hydrogens is 478 g/mol. The topological polar surface area (TPSA) is 71.7 Å². The summed E-state index contributed by atoms with van der Waals surface area (Å²) in [5.41, 5.74) is 2.33. The molecule has 1 aromatic heterocycles. The Kier molecular flexibility index (Phi) is 7.38. The van der Waals surface area contributed by atoms with Crippen molar-refractivity contribution in [1.82, 2.24) is 8.87 Å². The van der Waals surface area contributed by atoms with Crippen molar-refractivity contribution in [2.75, 3.05) is 13.1 Å². The molecule has 0 aliphatic carbocycles. The lowest BCUT2D eigenvalue weighted by molar-refractivity contribution is -0.122. The molecule has 0 N–H and O–H groups in total. The zero-order valence-corrected chi connectivity index (χ0v) is 21.2. The van der Waals surface area contributed by atoms with Gasteiger partial charge < -0.3 is 4.57 Å². The fourth-order valence-electron chi connectivity index (χ4n) is 4.12. The van der Waals surface area contributed by atoms with E-state index in [1.54, 1.807) is 12.1 Å². The maximum atomic E-state index is 13.0. The lowest BCUT2D eigenvalue weighted by Gasteiger charge is -2.30. The summed E-state index contributed by atoms with van der Waals surface area (Å²) in [6, 6.07) is 12.5. The average Bonchev–Trinajstić information content (AvgIpc) is 3.12. The van der Waals surface area contributed by atoms with Crippen molar-refractivity contribution in [3.63, 3.8) is 0 Å². The number of piperidine rings is 1. The van der Waals surface area contributed by atoms with Crippen molar-refractivity contribution < 1.29 is 13.2 Å². The lowest BCUT2D eigenvalue weighted by atomic mass is 9.99. The van der Waals surface area contributed by atoms with Crippen LogP contribution in [0.4, 0.5) is 0 Å². The molecule has 176 valence electrons.